The van der Waals surface area contributed by atoms with Gasteiger partial charge < -0.3 is 15.1 Å². The molecule has 1 saturated heterocycles. The van der Waals surface area contributed by atoms with E-state index in [1.54, 1.807) is 13.8 Å². The zero-order chi connectivity index (χ0) is 20.1. The monoisotopic (exact) mass is 379 g/mol. The summed E-state index contributed by atoms with van der Waals surface area (Å²) in [4.78, 5) is 30.1. The normalized spacial score (nSPS) is 14.7. The van der Waals surface area contributed by atoms with Crippen molar-refractivity contribution in [3.8, 4) is 0 Å². The van der Waals surface area contributed by atoms with Gasteiger partial charge in [-0.1, -0.05) is 43.3 Å². The molecule has 148 valence electrons. The van der Waals surface area contributed by atoms with Gasteiger partial charge in [-0.25, -0.2) is 0 Å². The zero-order valence-corrected chi connectivity index (χ0v) is 16.9. The Labute approximate surface area is 167 Å². The minimum atomic E-state index is -1.12. The van der Waals surface area contributed by atoms with Crippen molar-refractivity contribution in [2.24, 2.45) is 5.41 Å². The second-order valence-electron chi connectivity index (χ2n) is 7.70. The summed E-state index contributed by atoms with van der Waals surface area (Å²) in [6.07, 6.45) is 0.826. The number of nitrogens with zero attached hydrogens (tertiary/aromatic N) is 2. The van der Waals surface area contributed by atoms with Crippen LogP contribution in [0.1, 0.15) is 26.3 Å². The van der Waals surface area contributed by atoms with Crippen LogP contribution in [0.25, 0.3) is 0 Å². The van der Waals surface area contributed by atoms with Gasteiger partial charge in [0.25, 0.3) is 0 Å². The van der Waals surface area contributed by atoms with E-state index in [9.17, 15) is 9.59 Å². The number of carbonyl (C=O) groups is 2. The molecule has 2 aromatic carbocycles. The van der Waals surface area contributed by atoms with E-state index >= 15 is 0 Å². The molecule has 0 radical (unpaired) electrons. The first-order valence-electron chi connectivity index (χ1n) is 9.92. The van der Waals surface area contributed by atoms with E-state index in [0.29, 0.717) is 13.1 Å². The molecule has 0 aliphatic carbocycles. The van der Waals surface area contributed by atoms with Gasteiger partial charge in [-0.3, -0.25) is 9.59 Å². The Bertz CT molecular complexity index is 825. The number of rotatable bonds is 5. The predicted molar refractivity (Wildman–Crippen MR) is 113 cm³/mol. The number of carbonyl (C=O) groups excluding carboxylic acids is 2. The highest BCUT2D eigenvalue weighted by Crippen LogP contribution is 2.25. The van der Waals surface area contributed by atoms with E-state index in [2.05, 4.69) is 22.3 Å². The standard InChI is InChI=1S/C23H29N3O2/c1-4-18-10-8-9-13-20(18)24-21(27)23(2,3)22(28)26-16-14-25(15-17-26)19-11-6-5-7-12-19/h5-13H,4,14-17H2,1-3H3,(H,24,27). The molecular weight excluding hydrogens is 350 g/mol. The third kappa shape index (κ3) is 4.19. The van der Waals surface area contributed by atoms with E-state index < -0.39 is 5.41 Å². The SMILES string of the molecule is CCc1ccccc1NC(=O)C(C)(C)C(=O)N1CCN(c2ccccc2)CC1. The van der Waals surface area contributed by atoms with Crippen molar-refractivity contribution in [2.45, 2.75) is 27.2 Å². The molecule has 1 heterocycles. The maximum atomic E-state index is 13.1. The van der Waals surface area contributed by atoms with E-state index in [1.165, 1.54) is 5.69 Å². The summed E-state index contributed by atoms with van der Waals surface area (Å²) >= 11 is 0. The van der Waals surface area contributed by atoms with Crippen LogP contribution in [0.5, 0.6) is 0 Å². The molecule has 1 fully saturated rings. The van der Waals surface area contributed by atoms with Crippen molar-refractivity contribution in [3.05, 3.63) is 60.2 Å². The summed E-state index contributed by atoms with van der Waals surface area (Å²) < 4.78 is 0. The summed E-state index contributed by atoms with van der Waals surface area (Å²) in [7, 11) is 0. The van der Waals surface area contributed by atoms with Crippen molar-refractivity contribution in [1.29, 1.82) is 0 Å². The average Bonchev–Trinajstić information content (AvgIpc) is 2.74. The number of benzene rings is 2. The van der Waals surface area contributed by atoms with Crippen LogP contribution in [0.3, 0.4) is 0 Å². The molecule has 2 aromatic rings. The van der Waals surface area contributed by atoms with Crippen LogP contribution in [-0.2, 0) is 16.0 Å². The van der Waals surface area contributed by atoms with Crippen molar-refractivity contribution in [2.75, 3.05) is 36.4 Å². The molecule has 0 bridgehead atoms. The molecule has 1 aliphatic heterocycles. The highest BCUT2D eigenvalue weighted by Gasteiger charge is 2.40. The zero-order valence-electron chi connectivity index (χ0n) is 16.9. The van der Waals surface area contributed by atoms with Gasteiger partial charge in [0.2, 0.25) is 11.8 Å². The maximum absolute atomic E-state index is 13.1. The second kappa shape index (κ2) is 8.46. The highest BCUT2D eigenvalue weighted by molar-refractivity contribution is 6.10. The molecule has 0 atom stereocenters. The smallest absolute Gasteiger partial charge is 0.239 e. The number of piperazine rings is 1. The van der Waals surface area contributed by atoms with Gasteiger partial charge in [-0.2, -0.15) is 0 Å². The Hall–Kier alpha value is -2.82. The molecule has 0 saturated carbocycles. The van der Waals surface area contributed by atoms with Crippen molar-refractivity contribution in [1.82, 2.24) is 4.90 Å². The summed E-state index contributed by atoms with van der Waals surface area (Å²) in [5.74, 6) is -0.379. The Morgan fingerprint density at radius 2 is 1.54 bits per heavy atom. The van der Waals surface area contributed by atoms with Crippen molar-refractivity contribution >= 4 is 23.2 Å². The largest absolute Gasteiger partial charge is 0.368 e. The summed E-state index contributed by atoms with van der Waals surface area (Å²) in [6.45, 7) is 8.25. The lowest BCUT2D eigenvalue weighted by Gasteiger charge is -2.39. The van der Waals surface area contributed by atoms with E-state index in [0.717, 1.165) is 30.8 Å². The van der Waals surface area contributed by atoms with E-state index in [4.69, 9.17) is 0 Å². The lowest BCUT2D eigenvalue weighted by atomic mass is 9.89. The number of amides is 2. The topological polar surface area (TPSA) is 52.7 Å². The van der Waals surface area contributed by atoms with E-state index in [1.807, 2.05) is 54.3 Å². The van der Waals surface area contributed by atoms with E-state index in [-0.39, 0.29) is 11.8 Å². The fourth-order valence-corrected chi connectivity index (χ4v) is 3.53. The van der Waals surface area contributed by atoms with Crippen LogP contribution in [-0.4, -0.2) is 42.9 Å². The Morgan fingerprint density at radius 1 is 0.929 bits per heavy atom. The van der Waals surface area contributed by atoms with Gasteiger partial charge in [0.1, 0.15) is 5.41 Å². The number of hydrogen-bond acceptors (Lipinski definition) is 3. The summed E-state index contributed by atoms with van der Waals surface area (Å²) in [5, 5.41) is 2.96. The van der Waals surface area contributed by atoms with Crippen LogP contribution in [0.2, 0.25) is 0 Å². The van der Waals surface area contributed by atoms with Crippen molar-refractivity contribution in [3.63, 3.8) is 0 Å². The summed E-state index contributed by atoms with van der Waals surface area (Å²) in [5.41, 5.74) is 1.90. The number of para-hydroxylation sites is 2. The predicted octanol–water partition coefficient (Wildman–Crippen LogP) is 3.56. The van der Waals surface area contributed by atoms with Crippen LogP contribution in [0, 0.1) is 5.41 Å². The third-order valence-electron chi connectivity index (χ3n) is 5.44. The third-order valence-corrected chi connectivity index (χ3v) is 5.44. The molecule has 5 nitrogen and oxygen atoms in total. The first kappa shape index (κ1) is 19.9. The molecule has 3 rings (SSSR count). The fourth-order valence-electron chi connectivity index (χ4n) is 3.53. The van der Waals surface area contributed by atoms with Crippen LogP contribution in [0.4, 0.5) is 11.4 Å². The molecule has 0 aromatic heterocycles. The number of anilines is 2. The average molecular weight is 380 g/mol. The van der Waals surface area contributed by atoms with Crippen LogP contribution < -0.4 is 10.2 Å². The lowest BCUT2D eigenvalue weighted by molar-refractivity contribution is -0.146. The van der Waals surface area contributed by atoms with Crippen LogP contribution >= 0.6 is 0 Å². The number of nitrogens with one attached hydrogen (secondary N) is 1. The first-order chi connectivity index (χ1) is 13.4. The first-order valence-corrected chi connectivity index (χ1v) is 9.92. The quantitative estimate of drug-likeness (QED) is 0.808. The lowest BCUT2D eigenvalue weighted by Crippen LogP contribution is -2.54. The molecule has 5 heteroatoms. The molecule has 0 spiro atoms. The van der Waals surface area contributed by atoms with Gasteiger partial charge in [0, 0.05) is 37.6 Å². The minimum Gasteiger partial charge on any atom is -0.368 e. The maximum Gasteiger partial charge on any atom is 0.239 e. The van der Waals surface area contributed by atoms with Gasteiger partial charge >= 0.3 is 0 Å². The van der Waals surface area contributed by atoms with Gasteiger partial charge in [0.15, 0.2) is 0 Å². The van der Waals surface area contributed by atoms with Gasteiger partial charge in [0.05, 0.1) is 0 Å². The van der Waals surface area contributed by atoms with Gasteiger partial charge in [-0.05, 0) is 44.0 Å². The van der Waals surface area contributed by atoms with Gasteiger partial charge in [-0.15, -0.1) is 0 Å². The molecule has 28 heavy (non-hydrogen) atoms. The number of hydrogen-bond donors (Lipinski definition) is 1. The minimum absolute atomic E-state index is 0.119. The van der Waals surface area contributed by atoms with Crippen molar-refractivity contribution < 1.29 is 9.59 Å². The molecular formula is C23H29N3O2. The fraction of sp³-hybridized carbons (Fsp3) is 0.391. The molecule has 0 unspecified atom stereocenters. The highest BCUT2D eigenvalue weighted by atomic mass is 16.2. The Balaban J connectivity index is 1.63. The molecule has 1 N–H and O–H groups in total. The number of aryl methyl sites for hydroxylation is 1. The summed E-state index contributed by atoms with van der Waals surface area (Å²) in [6, 6.07) is 17.9. The second-order valence-corrected chi connectivity index (χ2v) is 7.70. The molecule has 1 aliphatic rings. The Morgan fingerprint density at radius 3 is 2.18 bits per heavy atom. The van der Waals surface area contributed by atoms with Crippen LogP contribution in [0.15, 0.2) is 54.6 Å². The molecule has 2 amide bonds. The Kier molecular flexibility index (Phi) is 6.02.